The minimum absolute atomic E-state index is 0.0516. The zero-order valence-electron chi connectivity index (χ0n) is 33.2. The second-order valence-corrected chi connectivity index (χ2v) is 12.7. The molecule has 2 aliphatic heterocycles. The molecule has 0 unspecified atom stereocenters. The van der Waals surface area contributed by atoms with Crippen LogP contribution in [0.15, 0.2) is 120 Å². The number of hydrogen-bond donors (Lipinski definition) is 9. The topological polar surface area (TPSA) is 362 Å². The fraction of sp³-hybridized carbons (Fsp3) is 0.171. The second kappa shape index (κ2) is 24.2. The molecule has 22 heteroatoms. The zero-order chi connectivity index (χ0) is 46.6. The number of aryl methyl sites for hydroxylation is 2. The van der Waals surface area contributed by atoms with Crippen molar-refractivity contribution in [1.29, 1.82) is 0 Å². The Morgan fingerprint density at radius 3 is 1.35 bits per heavy atom. The summed E-state index contributed by atoms with van der Waals surface area (Å²) in [6.45, 7) is 2.73. The Morgan fingerprint density at radius 1 is 0.619 bits per heavy atom. The van der Waals surface area contributed by atoms with Gasteiger partial charge in [0.2, 0.25) is 0 Å². The van der Waals surface area contributed by atoms with Crippen molar-refractivity contribution in [2.75, 3.05) is 6.61 Å². The Hall–Kier alpha value is -8.18. The van der Waals surface area contributed by atoms with Gasteiger partial charge in [-0.1, -0.05) is 0 Å². The third-order valence-electron chi connectivity index (χ3n) is 8.20. The van der Waals surface area contributed by atoms with Gasteiger partial charge in [0.25, 0.3) is 5.56 Å². The molecule has 328 valence electrons. The quantitative estimate of drug-likeness (QED) is 0.0926. The molecule has 0 aliphatic carbocycles. The summed E-state index contributed by atoms with van der Waals surface area (Å²) in [5, 5.41) is 72.2. The molecule has 6 heterocycles. The number of nitrogens with one attached hydrogen (secondary N) is 1. The summed E-state index contributed by atoms with van der Waals surface area (Å²) in [4.78, 5) is 89.1. The van der Waals surface area contributed by atoms with E-state index in [4.69, 9.17) is 25.5 Å². The average molecular weight is 869 g/mol. The predicted molar refractivity (Wildman–Crippen MR) is 220 cm³/mol. The van der Waals surface area contributed by atoms with Crippen LogP contribution in [-0.4, -0.2) is 129 Å². The number of aromatic carboxylic acids is 4. The number of H-pyrrole nitrogens is 1. The highest BCUT2D eigenvalue weighted by molar-refractivity contribution is 5.88. The first-order valence-corrected chi connectivity index (χ1v) is 18.0. The van der Waals surface area contributed by atoms with Crippen molar-refractivity contribution in [3.63, 3.8) is 0 Å². The van der Waals surface area contributed by atoms with E-state index in [2.05, 4.69) is 34.9 Å². The molecule has 9 N–H and O–H groups in total. The lowest BCUT2D eigenvalue weighted by molar-refractivity contribution is -0.0802. The van der Waals surface area contributed by atoms with Gasteiger partial charge in [-0.2, -0.15) is 4.98 Å². The molecule has 0 saturated carbocycles. The van der Waals surface area contributed by atoms with Gasteiger partial charge in [-0.25, -0.2) is 29.0 Å². The number of carboxylic acids is 4. The van der Waals surface area contributed by atoms with Gasteiger partial charge < -0.3 is 45.4 Å². The fourth-order valence-electron chi connectivity index (χ4n) is 4.85. The molecule has 63 heavy (non-hydrogen) atoms. The normalized spacial score (nSPS) is 11.6. The van der Waals surface area contributed by atoms with E-state index in [1.54, 1.807) is 36.4 Å². The number of pyridine rings is 4. The smallest absolute Gasteiger partial charge is 0.349 e. The monoisotopic (exact) mass is 868 g/mol. The first-order valence-electron chi connectivity index (χ1n) is 18.0. The first-order chi connectivity index (χ1) is 29.9. The molecular formula is C41H40N8O14. The fourth-order valence-corrected chi connectivity index (χ4v) is 4.85. The van der Waals surface area contributed by atoms with Gasteiger partial charge in [0.1, 0.15) is 18.3 Å². The van der Waals surface area contributed by atoms with Crippen LogP contribution in [0.3, 0.4) is 0 Å². The number of aliphatic hydroxyl groups is 4. The van der Waals surface area contributed by atoms with Crippen molar-refractivity contribution < 1.29 is 60.0 Å². The lowest BCUT2D eigenvalue weighted by atomic mass is 10.1. The minimum atomic E-state index is -1.64. The lowest BCUT2D eigenvalue weighted by Gasteiger charge is -2.25. The second-order valence-electron chi connectivity index (χ2n) is 12.7. The highest BCUT2D eigenvalue weighted by Gasteiger charge is 2.27. The van der Waals surface area contributed by atoms with Crippen LogP contribution < -0.4 is 11.2 Å². The molecular weight excluding hydrogens is 828 g/mol. The van der Waals surface area contributed by atoms with Crippen molar-refractivity contribution in [2.45, 2.75) is 38.7 Å². The molecule has 4 aromatic heterocycles. The van der Waals surface area contributed by atoms with Crippen LogP contribution in [0.4, 0.5) is 0 Å². The molecule has 1 aromatic carbocycles. The maximum atomic E-state index is 12.2. The maximum Gasteiger partial charge on any atom is 0.349 e. The lowest BCUT2D eigenvalue weighted by Crippen LogP contribution is -2.42. The molecule has 0 amide bonds. The van der Waals surface area contributed by atoms with E-state index >= 15 is 0 Å². The van der Waals surface area contributed by atoms with Crippen molar-refractivity contribution in [2.24, 2.45) is 0 Å². The number of aromatic amines is 1. The maximum absolute atomic E-state index is 12.2. The molecule has 2 aliphatic rings. The van der Waals surface area contributed by atoms with Gasteiger partial charge in [0, 0.05) is 49.6 Å². The van der Waals surface area contributed by atoms with Gasteiger partial charge >= 0.3 is 29.6 Å². The minimum Gasteiger partial charge on any atom is -0.478 e. The summed E-state index contributed by atoms with van der Waals surface area (Å²) in [5.41, 5.74) is 1.99. The largest absolute Gasteiger partial charge is 0.478 e. The van der Waals surface area contributed by atoms with E-state index in [9.17, 15) is 44.1 Å². The van der Waals surface area contributed by atoms with Crippen LogP contribution in [0.25, 0.3) is 22.6 Å². The zero-order valence-corrected chi connectivity index (χ0v) is 33.2. The van der Waals surface area contributed by atoms with Gasteiger partial charge in [0.05, 0.1) is 46.4 Å². The SMILES string of the molecule is Cc1cc2nc3c(=O)[nH]c(=O)nc-3n(C[C@H](O)[C@H](O)[C@H](O)CO)c2cc1C.O=C(O)c1cccnc1.O=C(O)c1cccnc1.O=C(O)c1cccnc1.O=C(O)c1cccnc1. The van der Waals surface area contributed by atoms with Crippen molar-refractivity contribution in [1.82, 2.24) is 39.5 Å². The summed E-state index contributed by atoms with van der Waals surface area (Å²) in [6.07, 6.45) is 6.69. The van der Waals surface area contributed by atoms with Crippen LogP contribution in [-0.2, 0) is 6.54 Å². The van der Waals surface area contributed by atoms with E-state index in [0.717, 1.165) is 11.1 Å². The summed E-state index contributed by atoms with van der Waals surface area (Å²) in [5.74, 6) is -3.82. The van der Waals surface area contributed by atoms with Gasteiger partial charge in [-0.15, -0.1) is 0 Å². The predicted octanol–water partition coefficient (Wildman–Crippen LogP) is 1.40. The van der Waals surface area contributed by atoms with Gasteiger partial charge in [0.15, 0.2) is 11.5 Å². The summed E-state index contributed by atoms with van der Waals surface area (Å²) in [6, 6.07) is 15.9. The number of aromatic nitrogens is 8. The molecule has 0 bridgehead atoms. The van der Waals surface area contributed by atoms with Crippen LogP contribution in [0, 0.1) is 13.8 Å². The van der Waals surface area contributed by atoms with Crippen LogP contribution >= 0.6 is 0 Å². The third kappa shape index (κ3) is 15.1. The first kappa shape index (κ1) is 49.2. The molecule has 22 nitrogen and oxygen atoms in total. The van der Waals surface area contributed by atoms with Crippen molar-refractivity contribution >= 4 is 34.9 Å². The van der Waals surface area contributed by atoms with Gasteiger partial charge in [-0.3, -0.25) is 29.7 Å². The van der Waals surface area contributed by atoms with E-state index in [1.807, 2.05) is 13.8 Å². The van der Waals surface area contributed by atoms with Crippen molar-refractivity contribution in [3.8, 4) is 11.5 Å². The summed E-state index contributed by atoms with van der Waals surface area (Å²) < 4.78 is 1.40. The number of hydrogen-bond acceptors (Lipinski definition) is 16. The average Bonchev–Trinajstić information content (AvgIpc) is 3.28. The third-order valence-corrected chi connectivity index (χ3v) is 8.20. The number of carboxylic acid groups (broad SMARTS) is 4. The number of benzene rings is 1. The Morgan fingerprint density at radius 2 is 1.02 bits per heavy atom. The van der Waals surface area contributed by atoms with Crippen molar-refractivity contribution in [3.05, 3.63) is 164 Å². The summed E-state index contributed by atoms with van der Waals surface area (Å²) >= 11 is 0. The van der Waals surface area contributed by atoms with Crippen LogP contribution in [0.1, 0.15) is 52.6 Å². The van der Waals surface area contributed by atoms with E-state index in [0.29, 0.717) is 11.0 Å². The van der Waals surface area contributed by atoms with Crippen LogP contribution in [0.2, 0.25) is 0 Å². The Balaban J connectivity index is 0.000000239. The number of aliphatic hydroxyl groups excluding tert-OH is 4. The number of rotatable bonds is 9. The molecule has 0 fully saturated rings. The van der Waals surface area contributed by atoms with Crippen LogP contribution in [0.5, 0.6) is 0 Å². The highest BCUT2D eigenvalue weighted by Crippen LogP contribution is 2.24. The van der Waals surface area contributed by atoms with Gasteiger partial charge in [-0.05, 0) is 85.6 Å². The van der Waals surface area contributed by atoms with E-state index < -0.39 is 60.0 Å². The molecule has 0 radical (unpaired) electrons. The Kier molecular flexibility index (Phi) is 18.9. The number of nitrogens with zero attached hydrogens (tertiary/aromatic N) is 7. The molecule has 7 rings (SSSR count). The highest BCUT2D eigenvalue weighted by atomic mass is 16.4. The number of carbonyl (C=O) groups is 4. The molecule has 0 spiro atoms. The number of fused-ring (bicyclic) bond motifs is 2. The molecule has 3 atom stereocenters. The standard InChI is InChI=1S/C17H20N4O6.4C6H5NO2/c1-7-3-9-10(4-8(7)2)21(5-11(23)14(25)12(24)6-22)15-13(18-9)16(26)20-17(27)19-15;4*8-6(9)5-2-1-3-7-4-5/h3-4,11-12,14,22-25H,5-6H2,1-2H3,(H,20,26,27);4*1-4H,(H,8,9)/t11-,12+,14-;;;;/m0..../s1. The van der Waals surface area contributed by atoms with E-state index in [1.165, 1.54) is 78.4 Å². The summed E-state index contributed by atoms with van der Waals surface area (Å²) in [7, 11) is 0. The van der Waals surface area contributed by atoms with E-state index in [-0.39, 0.29) is 40.3 Å². The Labute approximate surface area is 355 Å². The molecule has 0 saturated heterocycles. The Bertz CT molecular complexity index is 2470. The molecule has 5 aromatic rings.